The van der Waals surface area contributed by atoms with Gasteiger partial charge in [0.05, 0.1) is 5.56 Å². The molecule has 1 rings (SSSR count). The molecule has 1 atom stereocenters. The van der Waals surface area contributed by atoms with Crippen molar-refractivity contribution in [3.05, 3.63) is 35.1 Å². The number of hydrogen-bond donors (Lipinski definition) is 1. The van der Waals surface area contributed by atoms with E-state index in [4.69, 9.17) is 11.0 Å². The summed E-state index contributed by atoms with van der Waals surface area (Å²) in [5.41, 5.74) is 6.14. The first-order chi connectivity index (χ1) is 6.20. The molecule has 68 valence electrons. The normalized spacial score (nSPS) is 12.2. The molecule has 0 heterocycles. The predicted molar refractivity (Wildman–Crippen MR) is 48.3 cm³/mol. The SMILES string of the molecule is CC[C@H](N)c1cccc(C#N)c1F. The lowest BCUT2D eigenvalue weighted by Gasteiger charge is -2.10. The van der Waals surface area contributed by atoms with E-state index < -0.39 is 5.82 Å². The zero-order valence-electron chi connectivity index (χ0n) is 7.42. The number of nitriles is 1. The van der Waals surface area contributed by atoms with Crippen LogP contribution in [0.3, 0.4) is 0 Å². The minimum Gasteiger partial charge on any atom is -0.324 e. The van der Waals surface area contributed by atoms with Gasteiger partial charge in [-0.05, 0) is 12.5 Å². The maximum absolute atomic E-state index is 13.4. The Labute approximate surface area is 76.8 Å². The fourth-order valence-electron chi connectivity index (χ4n) is 1.14. The molecule has 0 aliphatic carbocycles. The molecule has 1 aromatic rings. The van der Waals surface area contributed by atoms with Crippen LogP contribution in [0.4, 0.5) is 4.39 Å². The van der Waals surface area contributed by atoms with Crippen molar-refractivity contribution in [1.29, 1.82) is 5.26 Å². The number of halogens is 1. The van der Waals surface area contributed by atoms with Crippen LogP contribution in [0.5, 0.6) is 0 Å². The minimum absolute atomic E-state index is 0.0569. The zero-order chi connectivity index (χ0) is 9.84. The summed E-state index contributed by atoms with van der Waals surface area (Å²) in [6.07, 6.45) is 0.659. The van der Waals surface area contributed by atoms with Crippen molar-refractivity contribution in [1.82, 2.24) is 0 Å². The quantitative estimate of drug-likeness (QED) is 0.754. The molecule has 0 aromatic heterocycles. The maximum Gasteiger partial charge on any atom is 0.145 e. The predicted octanol–water partition coefficient (Wildman–Crippen LogP) is 2.11. The fourth-order valence-corrected chi connectivity index (χ4v) is 1.14. The Kier molecular flexibility index (Phi) is 2.99. The molecule has 3 heteroatoms. The van der Waals surface area contributed by atoms with Gasteiger partial charge in [0, 0.05) is 11.6 Å². The highest BCUT2D eigenvalue weighted by Gasteiger charge is 2.12. The molecule has 1 aromatic carbocycles. The van der Waals surface area contributed by atoms with E-state index in [2.05, 4.69) is 0 Å². The van der Waals surface area contributed by atoms with Crippen LogP contribution in [0, 0.1) is 17.1 Å². The molecule has 0 amide bonds. The van der Waals surface area contributed by atoms with E-state index >= 15 is 0 Å². The van der Waals surface area contributed by atoms with Gasteiger partial charge in [-0.25, -0.2) is 4.39 Å². The Hall–Kier alpha value is -1.40. The molecule has 0 aliphatic rings. The number of nitrogens with two attached hydrogens (primary N) is 1. The van der Waals surface area contributed by atoms with Gasteiger partial charge < -0.3 is 5.73 Å². The van der Waals surface area contributed by atoms with Crippen LogP contribution in [0.25, 0.3) is 0 Å². The van der Waals surface area contributed by atoms with Gasteiger partial charge in [-0.1, -0.05) is 19.1 Å². The van der Waals surface area contributed by atoms with E-state index in [0.29, 0.717) is 12.0 Å². The molecule has 2 N–H and O–H groups in total. The summed E-state index contributed by atoms with van der Waals surface area (Å²) in [5.74, 6) is -0.487. The highest BCUT2D eigenvalue weighted by atomic mass is 19.1. The van der Waals surface area contributed by atoms with Gasteiger partial charge in [-0.2, -0.15) is 5.26 Å². The molecule has 0 unspecified atom stereocenters. The summed E-state index contributed by atoms with van der Waals surface area (Å²) in [4.78, 5) is 0. The van der Waals surface area contributed by atoms with Crippen LogP contribution >= 0.6 is 0 Å². The summed E-state index contributed by atoms with van der Waals surface area (Å²) in [6.45, 7) is 1.88. The highest BCUT2D eigenvalue weighted by molar-refractivity contribution is 5.36. The van der Waals surface area contributed by atoms with Crippen molar-refractivity contribution < 1.29 is 4.39 Å². The number of nitrogens with zero attached hydrogens (tertiary/aromatic N) is 1. The van der Waals surface area contributed by atoms with Crippen molar-refractivity contribution in [3.63, 3.8) is 0 Å². The molecule has 0 radical (unpaired) electrons. The minimum atomic E-state index is -0.487. The summed E-state index contributed by atoms with van der Waals surface area (Å²) in [5, 5.41) is 8.57. The smallest absolute Gasteiger partial charge is 0.145 e. The second kappa shape index (κ2) is 4.01. The molecule has 0 spiro atoms. The van der Waals surface area contributed by atoms with Crippen molar-refractivity contribution in [2.24, 2.45) is 5.73 Å². The van der Waals surface area contributed by atoms with Gasteiger partial charge >= 0.3 is 0 Å². The average molecular weight is 178 g/mol. The number of hydrogen-bond acceptors (Lipinski definition) is 2. The lowest BCUT2D eigenvalue weighted by Crippen LogP contribution is -2.11. The molecular formula is C10H11FN2. The third-order valence-electron chi connectivity index (χ3n) is 1.99. The molecule has 13 heavy (non-hydrogen) atoms. The van der Waals surface area contributed by atoms with E-state index in [1.807, 2.05) is 6.92 Å². The van der Waals surface area contributed by atoms with E-state index in [9.17, 15) is 4.39 Å². The lowest BCUT2D eigenvalue weighted by molar-refractivity contribution is 0.572. The van der Waals surface area contributed by atoms with E-state index in [-0.39, 0.29) is 11.6 Å². The Morgan fingerprint density at radius 3 is 2.85 bits per heavy atom. The van der Waals surface area contributed by atoms with E-state index in [0.717, 1.165) is 0 Å². The Balaban J connectivity index is 3.17. The van der Waals surface area contributed by atoms with Crippen LogP contribution in [0.2, 0.25) is 0 Å². The van der Waals surface area contributed by atoms with Gasteiger partial charge in [-0.3, -0.25) is 0 Å². The van der Waals surface area contributed by atoms with Gasteiger partial charge in [0.1, 0.15) is 11.9 Å². The third-order valence-corrected chi connectivity index (χ3v) is 1.99. The van der Waals surface area contributed by atoms with Gasteiger partial charge in [-0.15, -0.1) is 0 Å². The molecule has 2 nitrogen and oxygen atoms in total. The number of rotatable bonds is 2. The molecule has 0 saturated heterocycles. The molecular weight excluding hydrogens is 167 g/mol. The van der Waals surface area contributed by atoms with Crippen LogP contribution < -0.4 is 5.73 Å². The van der Waals surface area contributed by atoms with E-state index in [1.54, 1.807) is 18.2 Å². The first kappa shape index (κ1) is 9.69. The molecule has 0 bridgehead atoms. The van der Waals surface area contributed by atoms with Crippen molar-refractivity contribution in [3.8, 4) is 6.07 Å². The monoisotopic (exact) mass is 178 g/mol. The largest absolute Gasteiger partial charge is 0.324 e. The Morgan fingerprint density at radius 2 is 2.31 bits per heavy atom. The zero-order valence-corrected chi connectivity index (χ0v) is 7.42. The van der Waals surface area contributed by atoms with Crippen molar-refractivity contribution >= 4 is 0 Å². The Bertz CT molecular complexity index is 341. The fraction of sp³-hybridized carbons (Fsp3) is 0.300. The summed E-state index contributed by atoms with van der Waals surface area (Å²) >= 11 is 0. The second-order valence-corrected chi connectivity index (χ2v) is 2.84. The topological polar surface area (TPSA) is 49.8 Å². The van der Waals surface area contributed by atoms with Crippen LogP contribution in [0.1, 0.15) is 30.5 Å². The standard InChI is InChI=1S/C10H11FN2/c1-2-9(13)8-5-3-4-7(6-12)10(8)11/h3-5,9H,2,13H2,1H3/t9-/m0/s1. The summed E-state index contributed by atoms with van der Waals surface area (Å²) in [7, 11) is 0. The number of benzene rings is 1. The van der Waals surface area contributed by atoms with Crippen LogP contribution in [-0.2, 0) is 0 Å². The molecule has 0 saturated carbocycles. The average Bonchev–Trinajstić information content (AvgIpc) is 2.17. The maximum atomic E-state index is 13.4. The van der Waals surface area contributed by atoms with Gasteiger partial charge in [0.2, 0.25) is 0 Å². The summed E-state index contributed by atoms with van der Waals surface area (Å²) < 4.78 is 13.4. The first-order valence-electron chi connectivity index (χ1n) is 4.14. The van der Waals surface area contributed by atoms with Gasteiger partial charge in [0.15, 0.2) is 0 Å². The first-order valence-corrected chi connectivity index (χ1v) is 4.14. The van der Waals surface area contributed by atoms with Crippen LogP contribution in [-0.4, -0.2) is 0 Å². The summed E-state index contributed by atoms with van der Waals surface area (Å²) in [6, 6.07) is 6.16. The second-order valence-electron chi connectivity index (χ2n) is 2.84. The van der Waals surface area contributed by atoms with Gasteiger partial charge in [0.25, 0.3) is 0 Å². The van der Waals surface area contributed by atoms with E-state index in [1.165, 1.54) is 6.07 Å². The Morgan fingerprint density at radius 1 is 1.62 bits per heavy atom. The molecule has 0 fully saturated rings. The van der Waals surface area contributed by atoms with Crippen LogP contribution in [0.15, 0.2) is 18.2 Å². The highest BCUT2D eigenvalue weighted by Crippen LogP contribution is 2.19. The van der Waals surface area contributed by atoms with Crippen molar-refractivity contribution in [2.45, 2.75) is 19.4 Å². The molecule has 0 aliphatic heterocycles. The van der Waals surface area contributed by atoms with Crippen molar-refractivity contribution in [2.75, 3.05) is 0 Å². The third kappa shape index (κ3) is 1.85. The lowest BCUT2D eigenvalue weighted by atomic mass is 10.0.